The minimum absolute atomic E-state index is 0.00122. The number of ether oxygens (including phenoxy) is 2. The Labute approximate surface area is 279 Å². The fourth-order valence-electron chi connectivity index (χ4n) is 5.15. The molecular weight excluding hydrogens is 604 g/mol. The number of nitrogens with two attached hydrogens (primary N) is 1. The van der Waals surface area contributed by atoms with E-state index >= 15 is 0 Å². The van der Waals surface area contributed by atoms with Gasteiger partial charge in [-0.05, 0) is 50.3 Å². The van der Waals surface area contributed by atoms with E-state index in [1.165, 1.54) is 25.3 Å². The van der Waals surface area contributed by atoms with E-state index < -0.39 is 47.7 Å². The molecule has 0 aliphatic heterocycles. The van der Waals surface area contributed by atoms with E-state index in [0.29, 0.717) is 17.7 Å². The Morgan fingerprint density at radius 3 is 2.17 bits per heavy atom. The zero-order valence-corrected chi connectivity index (χ0v) is 28.2. The van der Waals surface area contributed by atoms with E-state index in [-0.39, 0.29) is 19.1 Å². The number of methoxy groups -OCH3 is 1. The Morgan fingerprint density at radius 1 is 1.00 bits per heavy atom. The van der Waals surface area contributed by atoms with E-state index in [2.05, 4.69) is 24.1 Å². The smallest absolute Gasteiger partial charge is 0.337 e. The number of carboxylic acids is 1. The number of carboxylic acid groups (broad SMARTS) is 1. The highest BCUT2D eigenvalue weighted by molar-refractivity contribution is 5.95. The largest absolute Gasteiger partial charge is 0.481 e. The minimum Gasteiger partial charge on any atom is -0.481 e. The van der Waals surface area contributed by atoms with Crippen molar-refractivity contribution >= 4 is 23.8 Å². The molecule has 1 aromatic carbocycles. The number of hydrogen-bond donors (Lipinski definition) is 5. The van der Waals surface area contributed by atoms with Crippen molar-refractivity contribution in [1.29, 1.82) is 0 Å². The van der Waals surface area contributed by atoms with Gasteiger partial charge in [0.1, 0.15) is 18.4 Å². The van der Waals surface area contributed by atoms with Crippen LogP contribution in [-0.4, -0.2) is 70.5 Å². The van der Waals surface area contributed by atoms with Gasteiger partial charge in [0.25, 0.3) is 0 Å². The first kappa shape index (κ1) is 41.1. The van der Waals surface area contributed by atoms with E-state index in [4.69, 9.17) is 15.2 Å². The van der Waals surface area contributed by atoms with Crippen molar-refractivity contribution in [3.63, 3.8) is 0 Å². The van der Waals surface area contributed by atoms with Gasteiger partial charge in [-0.3, -0.25) is 9.59 Å². The van der Waals surface area contributed by atoms with Crippen LogP contribution in [0.1, 0.15) is 103 Å². The zero-order valence-electron chi connectivity index (χ0n) is 28.2. The number of rotatable bonds is 25. The zero-order chi connectivity index (χ0) is 35.1. The molecule has 0 spiro atoms. The highest BCUT2D eigenvalue weighted by Crippen LogP contribution is 2.26. The summed E-state index contributed by atoms with van der Waals surface area (Å²) >= 11 is 0. The molecule has 0 aliphatic rings. The third-order valence-electron chi connectivity index (χ3n) is 7.89. The molecule has 1 aromatic rings. The third kappa shape index (κ3) is 16.5. The molecule has 1 unspecified atom stereocenters. The summed E-state index contributed by atoms with van der Waals surface area (Å²) in [4.78, 5) is 50.0. The summed E-state index contributed by atoms with van der Waals surface area (Å²) in [6.07, 6.45) is 12.8. The van der Waals surface area contributed by atoms with Gasteiger partial charge in [-0.15, -0.1) is 5.92 Å². The van der Waals surface area contributed by atoms with Gasteiger partial charge in [0, 0.05) is 6.42 Å². The number of nitrogens with one attached hydrogen (secondary N) is 1. The lowest BCUT2D eigenvalue weighted by Gasteiger charge is -2.30. The van der Waals surface area contributed by atoms with Crippen molar-refractivity contribution in [1.82, 2.24) is 5.32 Å². The van der Waals surface area contributed by atoms with Crippen molar-refractivity contribution in [3.05, 3.63) is 42.0 Å². The first-order valence-corrected chi connectivity index (χ1v) is 16.6. The molecule has 47 heavy (non-hydrogen) atoms. The summed E-state index contributed by atoms with van der Waals surface area (Å²) in [5.74, 6) is -0.336. The summed E-state index contributed by atoms with van der Waals surface area (Å²) in [5.41, 5.74) is 3.04. The van der Waals surface area contributed by atoms with Crippen molar-refractivity contribution in [2.24, 2.45) is 11.7 Å². The Hall–Kier alpha value is -3.88. The maximum atomic E-state index is 13.5. The van der Waals surface area contributed by atoms with Crippen LogP contribution in [0.5, 0.6) is 5.75 Å². The number of primary amides is 1. The standard InChI is InChI=1S/C36H54N2O9/c1-4-6-8-11-14-17-28(39)18-15-12-9-10-13-16-19-30(36(45,35(43)44)26-32(37)40)33(41)38-31(34(42)46-3)25-27-20-22-29(23-21-27)47-24-7-5-2/h16,19-23,28,30-31,39,45H,4,6,8-15,17-18,24-26H2,1-3H3,(H2,37,40)(H,38,41)(H,43,44)/b19-16+/t28?,30-,31+,36+/m1/s1. The second-order valence-electron chi connectivity index (χ2n) is 11.8. The number of hydrogen-bond acceptors (Lipinski definition) is 8. The lowest BCUT2D eigenvalue weighted by molar-refractivity contribution is -0.169. The number of unbranched alkanes of at least 4 members (excludes halogenated alkanes) is 8. The number of benzene rings is 1. The lowest BCUT2D eigenvalue weighted by Crippen LogP contribution is -2.56. The summed E-state index contributed by atoms with van der Waals surface area (Å²) in [6.45, 7) is 4.09. The quantitative estimate of drug-likeness (QED) is 0.0444. The van der Waals surface area contributed by atoms with Crippen LogP contribution in [0, 0.1) is 17.8 Å². The van der Waals surface area contributed by atoms with Gasteiger partial charge in [-0.25, -0.2) is 9.59 Å². The minimum atomic E-state index is -2.85. The molecule has 0 radical (unpaired) electrons. The second-order valence-corrected chi connectivity index (χ2v) is 11.8. The van der Waals surface area contributed by atoms with E-state index in [0.717, 1.165) is 58.5 Å². The average molecular weight is 659 g/mol. The molecule has 4 atom stereocenters. The van der Waals surface area contributed by atoms with Crippen molar-refractivity contribution in [3.8, 4) is 17.6 Å². The second kappa shape index (κ2) is 23.4. The highest BCUT2D eigenvalue weighted by Gasteiger charge is 2.48. The summed E-state index contributed by atoms with van der Waals surface area (Å²) in [6, 6.07) is 5.54. The number of aliphatic carboxylic acids is 1. The number of carbonyl (C=O) groups excluding carboxylic acids is 3. The van der Waals surface area contributed by atoms with Crippen molar-refractivity contribution < 1.29 is 44.0 Å². The van der Waals surface area contributed by atoms with Crippen LogP contribution in [0.4, 0.5) is 0 Å². The molecule has 262 valence electrons. The molecule has 11 heteroatoms. The SMILES string of the molecule is CC#CCOc1ccc(C[C@H](NC(=O)[C@@H](/C=C/CCCCCCC(O)CCCCCCC)[C@@](O)(CC(N)=O)C(=O)O)C(=O)OC)cc1. The third-order valence-corrected chi connectivity index (χ3v) is 7.89. The molecule has 1 rings (SSSR count). The van der Waals surface area contributed by atoms with Crippen LogP contribution in [0.25, 0.3) is 0 Å². The van der Waals surface area contributed by atoms with E-state index in [9.17, 15) is 34.5 Å². The van der Waals surface area contributed by atoms with Gasteiger partial charge >= 0.3 is 11.9 Å². The predicted octanol–water partition coefficient (Wildman–Crippen LogP) is 4.21. The molecule has 0 aliphatic carbocycles. The fourth-order valence-corrected chi connectivity index (χ4v) is 5.15. The number of allylic oxidation sites excluding steroid dienone is 1. The number of amides is 2. The van der Waals surface area contributed by atoms with Crippen LogP contribution < -0.4 is 15.8 Å². The molecule has 0 saturated heterocycles. The summed E-state index contributed by atoms with van der Waals surface area (Å²) < 4.78 is 10.4. The number of aliphatic hydroxyl groups is 2. The Kier molecular flexibility index (Phi) is 20.5. The number of esters is 1. The van der Waals surface area contributed by atoms with Gasteiger partial charge in [-0.1, -0.05) is 88.5 Å². The highest BCUT2D eigenvalue weighted by atomic mass is 16.5. The monoisotopic (exact) mass is 658 g/mol. The first-order chi connectivity index (χ1) is 22.5. The number of aliphatic hydroxyl groups excluding tert-OH is 1. The molecular formula is C36H54N2O9. The Balaban J connectivity index is 2.88. The Morgan fingerprint density at radius 2 is 1.62 bits per heavy atom. The molecule has 0 heterocycles. The van der Waals surface area contributed by atoms with Crippen molar-refractivity contribution in [2.75, 3.05) is 13.7 Å². The van der Waals surface area contributed by atoms with Crippen LogP contribution in [0.2, 0.25) is 0 Å². The van der Waals surface area contributed by atoms with Gasteiger partial charge < -0.3 is 35.8 Å². The number of carbonyl (C=O) groups is 4. The van der Waals surface area contributed by atoms with Crippen LogP contribution >= 0.6 is 0 Å². The molecule has 11 nitrogen and oxygen atoms in total. The van der Waals surface area contributed by atoms with Gasteiger partial charge in [0.05, 0.1) is 25.6 Å². The predicted molar refractivity (Wildman–Crippen MR) is 179 cm³/mol. The van der Waals surface area contributed by atoms with Gasteiger partial charge in [0.15, 0.2) is 5.60 Å². The van der Waals surface area contributed by atoms with Gasteiger partial charge in [0.2, 0.25) is 11.8 Å². The first-order valence-electron chi connectivity index (χ1n) is 16.6. The molecule has 0 aromatic heterocycles. The lowest BCUT2D eigenvalue weighted by atomic mass is 9.82. The molecule has 0 bridgehead atoms. The summed E-state index contributed by atoms with van der Waals surface area (Å²) in [7, 11) is 1.15. The molecule has 2 amide bonds. The van der Waals surface area contributed by atoms with E-state index in [1.54, 1.807) is 37.3 Å². The average Bonchev–Trinajstić information content (AvgIpc) is 3.03. The Bertz CT molecular complexity index is 1190. The molecule has 0 fully saturated rings. The molecule has 0 saturated carbocycles. The maximum Gasteiger partial charge on any atom is 0.337 e. The van der Waals surface area contributed by atoms with Crippen molar-refractivity contribution in [2.45, 2.75) is 121 Å². The van der Waals surface area contributed by atoms with Crippen LogP contribution in [0.15, 0.2) is 36.4 Å². The van der Waals surface area contributed by atoms with Crippen LogP contribution in [0.3, 0.4) is 0 Å². The fraction of sp³-hybridized carbons (Fsp3) is 0.611. The molecule has 6 N–H and O–H groups in total. The van der Waals surface area contributed by atoms with E-state index in [1.807, 2.05) is 0 Å². The normalized spacial score (nSPS) is 14.2. The maximum absolute atomic E-state index is 13.5. The van der Waals surface area contributed by atoms with Gasteiger partial charge in [-0.2, -0.15) is 0 Å². The summed E-state index contributed by atoms with van der Waals surface area (Å²) in [5, 5.41) is 33.6. The van der Waals surface area contributed by atoms with Crippen LogP contribution in [-0.2, 0) is 30.3 Å². The topological polar surface area (TPSA) is 185 Å².